The Hall–Kier alpha value is -2.47. The molecule has 0 spiro atoms. The van der Waals surface area contributed by atoms with Crippen LogP contribution in [0.1, 0.15) is 48.4 Å². The molecule has 1 aromatic carbocycles. The topological polar surface area (TPSA) is 45.6 Å². The lowest BCUT2D eigenvalue weighted by Crippen LogP contribution is -2.50. The Kier molecular flexibility index (Phi) is 5.65. The van der Waals surface area contributed by atoms with Gasteiger partial charge in [0.15, 0.2) is 0 Å². The summed E-state index contributed by atoms with van der Waals surface area (Å²) in [4.78, 5) is 30.5. The van der Waals surface area contributed by atoms with Crippen molar-refractivity contribution in [2.75, 3.05) is 26.2 Å². The minimum Gasteiger partial charge on any atom is -0.341 e. The number of amides is 1. The summed E-state index contributed by atoms with van der Waals surface area (Å²) in [6.07, 6.45) is 5.06. The first-order valence-corrected chi connectivity index (χ1v) is 11.5. The second kappa shape index (κ2) is 8.58. The van der Waals surface area contributed by atoms with Crippen molar-refractivity contribution in [2.24, 2.45) is 5.92 Å². The fourth-order valence-electron chi connectivity index (χ4n) is 5.56. The van der Waals surface area contributed by atoms with Gasteiger partial charge in [0, 0.05) is 43.4 Å². The van der Waals surface area contributed by atoms with Crippen LogP contribution >= 0.6 is 0 Å². The highest BCUT2D eigenvalue weighted by Crippen LogP contribution is 2.35. The largest absolute Gasteiger partial charge is 0.341 e. The zero-order valence-electron chi connectivity index (χ0n) is 17.9. The molecule has 0 aliphatic carbocycles. The van der Waals surface area contributed by atoms with Gasteiger partial charge in [-0.3, -0.25) is 14.5 Å². The van der Waals surface area contributed by atoms with Gasteiger partial charge >= 0.3 is 0 Å². The van der Waals surface area contributed by atoms with Gasteiger partial charge in [0.1, 0.15) is 5.82 Å². The van der Waals surface area contributed by atoms with Crippen LogP contribution in [0.25, 0.3) is 0 Å². The smallest absolute Gasteiger partial charge is 0.255 e. The number of halogens is 1. The molecule has 6 heteroatoms. The Morgan fingerprint density at radius 1 is 0.968 bits per heavy atom. The molecule has 4 heterocycles. The standard InChI is InChI=1S/C25H30FN3O2/c26-22-7-4-18(5-8-22)13-24(30)28-14-19-12-21(17-28)23-9-6-20(25(31)29(23)15-19)16-27-10-2-1-3-11-27/h4-9,19,21H,1-3,10-17H2/t19-,21+/m0/s1. The summed E-state index contributed by atoms with van der Waals surface area (Å²) >= 11 is 0. The summed E-state index contributed by atoms with van der Waals surface area (Å²) in [5.74, 6) is 0.317. The molecule has 2 fully saturated rings. The molecule has 5 rings (SSSR count). The highest BCUT2D eigenvalue weighted by Gasteiger charge is 2.36. The molecule has 2 bridgehead atoms. The number of rotatable bonds is 4. The van der Waals surface area contributed by atoms with E-state index in [-0.39, 0.29) is 23.2 Å². The van der Waals surface area contributed by atoms with E-state index in [1.807, 2.05) is 15.5 Å². The second-order valence-electron chi connectivity index (χ2n) is 9.44. The molecule has 164 valence electrons. The summed E-state index contributed by atoms with van der Waals surface area (Å²) in [6.45, 7) is 4.95. The van der Waals surface area contributed by atoms with Crippen LogP contribution in [0.4, 0.5) is 4.39 Å². The number of piperidine rings is 2. The van der Waals surface area contributed by atoms with E-state index >= 15 is 0 Å². The number of hydrogen-bond donors (Lipinski definition) is 0. The van der Waals surface area contributed by atoms with Crippen molar-refractivity contribution in [3.63, 3.8) is 0 Å². The third-order valence-electron chi connectivity index (χ3n) is 7.15. The van der Waals surface area contributed by atoms with E-state index in [9.17, 15) is 14.0 Å². The molecule has 31 heavy (non-hydrogen) atoms. The minimum absolute atomic E-state index is 0.0822. The monoisotopic (exact) mass is 423 g/mol. The van der Waals surface area contributed by atoms with Crippen molar-refractivity contribution >= 4 is 5.91 Å². The average Bonchev–Trinajstić information content (AvgIpc) is 2.78. The van der Waals surface area contributed by atoms with Crippen LogP contribution in [0.3, 0.4) is 0 Å². The average molecular weight is 424 g/mol. The van der Waals surface area contributed by atoms with E-state index in [0.29, 0.717) is 32.0 Å². The highest BCUT2D eigenvalue weighted by atomic mass is 19.1. The van der Waals surface area contributed by atoms with Crippen LogP contribution in [0.2, 0.25) is 0 Å². The molecule has 2 atom stereocenters. The molecule has 3 aliphatic heterocycles. The minimum atomic E-state index is -0.287. The molecule has 1 aromatic heterocycles. The maximum absolute atomic E-state index is 13.2. The van der Waals surface area contributed by atoms with Gasteiger partial charge < -0.3 is 9.47 Å². The molecule has 0 unspecified atom stereocenters. The van der Waals surface area contributed by atoms with Gasteiger partial charge in [-0.15, -0.1) is 0 Å². The van der Waals surface area contributed by atoms with E-state index in [4.69, 9.17) is 0 Å². The number of aromatic nitrogens is 1. The predicted octanol–water partition coefficient (Wildman–Crippen LogP) is 3.16. The summed E-state index contributed by atoms with van der Waals surface area (Å²) < 4.78 is 15.1. The molecule has 2 saturated heterocycles. The van der Waals surface area contributed by atoms with Crippen LogP contribution in [-0.4, -0.2) is 46.5 Å². The number of carbonyl (C=O) groups is 1. The van der Waals surface area contributed by atoms with Crippen LogP contribution in [0.5, 0.6) is 0 Å². The third-order valence-corrected chi connectivity index (χ3v) is 7.15. The van der Waals surface area contributed by atoms with Gasteiger partial charge in [0.2, 0.25) is 5.91 Å². The van der Waals surface area contributed by atoms with E-state index in [1.165, 1.54) is 31.4 Å². The number of pyridine rings is 1. The van der Waals surface area contributed by atoms with E-state index in [1.54, 1.807) is 12.1 Å². The van der Waals surface area contributed by atoms with E-state index < -0.39 is 0 Å². The summed E-state index contributed by atoms with van der Waals surface area (Å²) in [7, 11) is 0. The lowest BCUT2D eigenvalue weighted by molar-refractivity contribution is -0.133. The first kappa shape index (κ1) is 20.4. The fraction of sp³-hybridized carbons (Fsp3) is 0.520. The summed E-state index contributed by atoms with van der Waals surface area (Å²) in [6, 6.07) is 10.3. The predicted molar refractivity (Wildman–Crippen MR) is 117 cm³/mol. The first-order chi connectivity index (χ1) is 15.1. The maximum Gasteiger partial charge on any atom is 0.255 e. The van der Waals surface area contributed by atoms with Gasteiger partial charge in [-0.1, -0.05) is 24.6 Å². The number of likely N-dealkylation sites (tertiary alicyclic amines) is 2. The molecule has 0 N–H and O–H groups in total. The molecule has 3 aliphatic rings. The quantitative estimate of drug-likeness (QED) is 0.759. The first-order valence-electron chi connectivity index (χ1n) is 11.5. The fourth-order valence-corrected chi connectivity index (χ4v) is 5.56. The van der Waals surface area contributed by atoms with E-state index in [2.05, 4.69) is 11.0 Å². The molecule has 5 nitrogen and oxygen atoms in total. The summed E-state index contributed by atoms with van der Waals surface area (Å²) in [5.41, 5.74) is 2.96. The maximum atomic E-state index is 13.2. The third kappa shape index (κ3) is 4.31. The SMILES string of the molecule is O=C(Cc1ccc(F)cc1)N1C[C@@H]2C[C@H](C1)c1ccc(CN3CCCCC3)c(=O)n1C2. The lowest BCUT2D eigenvalue weighted by atomic mass is 9.82. The lowest BCUT2D eigenvalue weighted by Gasteiger charge is -2.43. The molecule has 0 radical (unpaired) electrons. The zero-order chi connectivity index (χ0) is 21.4. The Balaban J connectivity index is 1.30. The van der Waals surface area contributed by atoms with Gasteiger partial charge in [-0.05, 0) is 62.0 Å². The Labute approximate surface area is 182 Å². The molecular weight excluding hydrogens is 393 g/mol. The van der Waals surface area contributed by atoms with Gasteiger partial charge in [0.05, 0.1) is 6.42 Å². The highest BCUT2D eigenvalue weighted by molar-refractivity contribution is 5.79. The van der Waals surface area contributed by atoms with Crippen molar-refractivity contribution in [2.45, 2.75) is 51.1 Å². The van der Waals surface area contributed by atoms with Crippen molar-refractivity contribution in [1.82, 2.24) is 14.4 Å². The molecular formula is C25H30FN3O2. The van der Waals surface area contributed by atoms with Crippen LogP contribution < -0.4 is 5.56 Å². The van der Waals surface area contributed by atoms with Crippen molar-refractivity contribution < 1.29 is 9.18 Å². The second-order valence-corrected chi connectivity index (χ2v) is 9.44. The Bertz CT molecular complexity index is 1010. The van der Waals surface area contributed by atoms with Crippen molar-refractivity contribution in [3.05, 3.63) is 69.4 Å². The number of nitrogens with zero attached hydrogens (tertiary/aromatic N) is 3. The Morgan fingerprint density at radius 2 is 1.74 bits per heavy atom. The van der Waals surface area contributed by atoms with Crippen molar-refractivity contribution in [3.8, 4) is 0 Å². The van der Waals surface area contributed by atoms with E-state index in [0.717, 1.165) is 42.9 Å². The molecule has 2 aromatic rings. The summed E-state index contributed by atoms with van der Waals surface area (Å²) in [5, 5.41) is 0. The van der Waals surface area contributed by atoms with Crippen LogP contribution in [0, 0.1) is 11.7 Å². The number of fused-ring (bicyclic) bond motifs is 4. The molecule has 1 amide bonds. The van der Waals surface area contributed by atoms with Crippen LogP contribution in [-0.2, 0) is 24.3 Å². The number of benzene rings is 1. The molecule has 0 saturated carbocycles. The number of hydrogen-bond acceptors (Lipinski definition) is 3. The van der Waals surface area contributed by atoms with Gasteiger partial charge in [0.25, 0.3) is 5.56 Å². The van der Waals surface area contributed by atoms with Crippen molar-refractivity contribution in [1.29, 1.82) is 0 Å². The van der Waals surface area contributed by atoms with Crippen LogP contribution in [0.15, 0.2) is 41.2 Å². The zero-order valence-corrected chi connectivity index (χ0v) is 17.9. The normalized spacial score (nSPS) is 23.5. The van der Waals surface area contributed by atoms with Gasteiger partial charge in [-0.25, -0.2) is 4.39 Å². The van der Waals surface area contributed by atoms with Gasteiger partial charge in [-0.2, -0.15) is 0 Å². The number of carbonyl (C=O) groups excluding carboxylic acids is 1. The Morgan fingerprint density at radius 3 is 2.52 bits per heavy atom.